The summed E-state index contributed by atoms with van der Waals surface area (Å²) in [6.07, 6.45) is 3.65. The molecule has 0 aromatic heterocycles. The van der Waals surface area contributed by atoms with Crippen LogP contribution in [0.1, 0.15) is 56.7 Å². The molecule has 0 bridgehead atoms. The van der Waals surface area contributed by atoms with Crippen LogP contribution >= 0.6 is 0 Å². The average Bonchev–Trinajstić information content (AvgIpc) is 2.79. The minimum Gasteiger partial charge on any atom is -0.497 e. The number of rotatable bonds is 6. The van der Waals surface area contributed by atoms with Gasteiger partial charge in [0.05, 0.1) is 23.8 Å². The van der Waals surface area contributed by atoms with Crippen LogP contribution in [0.4, 0.5) is 0 Å². The number of methoxy groups -OCH3 is 1. The number of nitrogens with one attached hydrogen (secondary N) is 1. The molecule has 1 heterocycles. The Morgan fingerprint density at radius 2 is 1.89 bits per heavy atom. The molecule has 1 aliphatic heterocycles. The highest BCUT2D eigenvalue weighted by atomic mass is 32.2. The summed E-state index contributed by atoms with van der Waals surface area (Å²) in [4.78, 5) is 0.413. The monoisotopic (exact) mass is 387 g/mol. The van der Waals surface area contributed by atoms with Gasteiger partial charge in [0.2, 0.25) is 0 Å². The minimum atomic E-state index is -3.41. The third-order valence-electron chi connectivity index (χ3n) is 5.60. The molecule has 146 valence electrons. The summed E-state index contributed by atoms with van der Waals surface area (Å²) in [5.41, 5.74) is 1.40. The molecule has 5 heteroatoms. The molecule has 27 heavy (non-hydrogen) atoms. The lowest BCUT2D eigenvalue weighted by molar-refractivity contribution is 0.294. The van der Waals surface area contributed by atoms with Crippen LogP contribution < -0.4 is 10.1 Å². The van der Waals surface area contributed by atoms with E-state index in [1.807, 2.05) is 24.3 Å². The van der Waals surface area contributed by atoms with Crippen LogP contribution in [0.25, 0.3) is 0 Å². The predicted octanol–water partition coefficient (Wildman–Crippen LogP) is 4.50. The Kier molecular flexibility index (Phi) is 5.92. The van der Waals surface area contributed by atoms with Gasteiger partial charge in [-0.1, -0.05) is 57.0 Å². The summed E-state index contributed by atoms with van der Waals surface area (Å²) in [5.74, 6) is 0.795. The van der Waals surface area contributed by atoms with Crippen LogP contribution in [0.2, 0.25) is 0 Å². The van der Waals surface area contributed by atoms with Gasteiger partial charge in [0, 0.05) is 5.54 Å². The van der Waals surface area contributed by atoms with Crippen LogP contribution in [0, 0.1) is 0 Å². The molecular weight excluding hydrogens is 358 g/mol. The lowest BCUT2D eigenvalue weighted by Gasteiger charge is -2.36. The molecule has 1 N–H and O–H groups in total. The Bertz CT molecular complexity index is 880. The third-order valence-corrected chi connectivity index (χ3v) is 7.57. The lowest BCUT2D eigenvalue weighted by Crippen LogP contribution is -2.50. The van der Waals surface area contributed by atoms with Gasteiger partial charge in [0.15, 0.2) is 9.84 Å². The fourth-order valence-corrected chi connectivity index (χ4v) is 6.10. The summed E-state index contributed by atoms with van der Waals surface area (Å²) in [6, 6.07) is 15.2. The zero-order valence-electron chi connectivity index (χ0n) is 16.4. The van der Waals surface area contributed by atoms with E-state index in [1.54, 1.807) is 19.2 Å². The van der Waals surface area contributed by atoms with E-state index in [-0.39, 0.29) is 11.8 Å². The van der Waals surface area contributed by atoms with Gasteiger partial charge in [-0.25, -0.2) is 8.42 Å². The first kappa shape index (κ1) is 19.9. The Morgan fingerprint density at radius 3 is 2.52 bits per heavy atom. The predicted molar refractivity (Wildman–Crippen MR) is 109 cm³/mol. The van der Waals surface area contributed by atoms with Crippen molar-refractivity contribution in [1.29, 1.82) is 0 Å². The number of hydrogen-bond donors (Lipinski definition) is 1. The van der Waals surface area contributed by atoms with Crippen molar-refractivity contribution < 1.29 is 13.2 Å². The first-order valence-electron chi connectivity index (χ1n) is 9.68. The topological polar surface area (TPSA) is 55.4 Å². The van der Waals surface area contributed by atoms with Gasteiger partial charge in [0.1, 0.15) is 5.75 Å². The van der Waals surface area contributed by atoms with Crippen molar-refractivity contribution in [3.05, 3.63) is 59.7 Å². The van der Waals surface area contributed by atoms with E-state index in [1.165, 1.54) is 0 Å². The molecular formula is C22H29NO3S. The first-order chi connectivity index (χ1) is 12.9. The number of sulfone groups is 1. The zero-order valence-corrected chi connectivity index (χ0v) is 17.2. The minimum absolute atomic E-state index is 0.124. The zero-order chi connectivity index (χ0) is 19.5. The average molecular weight is 388 g/mol. The molecule has 4 nitrogen and oxygen atoms in total. The molecule has 2 aromatic rings. The van der Waals surface area contributed by atoms with Crippen LogP contribution in [0.15, 0.2) is 53.4 Å². The fraction of sp³-hybridized carbons (Fsp3) is 0.455. The molecule has 0 unspecified atom stereocenters. The third kappa shape index (κ3) is 4.04. The van der Waals surface area contributed by atoms with Crippen molar-refractivity contribution in [2.24, 2.45) is 0 Å². The second kappa shape index (κ2) is 8.03. The smallest absolute Gasteiger partial charge is 0.180 e. The van der Waals surface area contributed by atoms with Gasteiger partial charge in [-0.15, -0.1) is 0 Å². The normalized spacial score (nSPS) is 24.0. The summed E-state index contributed by atoms with van der Waals surface area (Å²) >= 11 is 0. The highest BCUT2D eigenvalue weighted by Gasteiger charge is 2.41. The van der Waals surface area contributed by atoms with Gasteiger partial charge in [-0.05, 0) is 42.2 Å². The van der Waals surface area contributed by atoms with Crippen LogP contribution in [-0.2, 0) is 9.84 Å². The Labute approximate surface area is 162 Å². The quantitative estimate of drug-likeness (QED) is 0.793. The van der Waals surface area contributed by atoms with Crippen LogP contribution in [0.5, 0.6) is 5.75 Å². The Hall–Kier alpha value is -1.85. The van der Waals surface area contributed by atoms with E-state index in [0.29, 0.717) is 10.6 Å². The molecule has 0 aliphatic carbocycles. The molecule has 0 saturated heterocycles. The van der Waals surface area contributed by atoms with Crippen molar-refractivity contribution in [1.82, 2.24) is 5.32 Å². The maximum atomic E-state index is 13.3. The Morgan fingerprint density at radius 1 is 1.15 bits per heavy atom. The van der Waals surface area contributed by atoms with E-state index >= 15 is 0 Å². The van der Waals surface area contributed by atoms with Gasteiger partial charge in [-0.2, -0.15) is 0 Å². The van der Waals surface area contributed by atoms with Crippen molar-refractivity contribution in [3.8, 4) is 5.75 Å². The SMILES string of the molecule is CCCC[C@@]1(CC)CS(=O)(=O)c2ccc(OC)cc2[C@@H](c2ccccc2)N1. The largest absolute Gasteiger partial charge is 0.497 e. The second-order valence-corrected chi connectivity index (χ2v) is 9.35. The van der Waals surface area contributed by atoms with Gasteiger partial charge < -0.3 is 4.74 Å². The number of hydrogen-bond acceptors (Lipinski definition) is 4. The summed E-state index contributed by atoms with van der Waals surface area (Å²) in [5, 5.41) is 3.76. The molecule has 0 radical (unpaired) electrons. The maximum absolute atomic E-state index is 13.3. The van der Waals surface area contributed by atoms with E-state index < -0.39 is 15.4 Å². The number of ether oxygens (including phenoxy) is 1. The summed E-state index contributed by atoms with van der Waals surface area (Å²) in [6.45, 7) is 4.22. The first-order valence-corrected chi connectivity index (χ1v) is 11.3. The molecule has 2 atom stereocenters. The van der Waals surface area contributed by atoms with Gasteiger partial charge >= 0.3 is 0 Å². The summed E-state index contributed by atoms with van der Waals surface area (Å²) in [7, 11) is -1.81. The van der Waals surface area contributed by atoms with Crippen LogP contribution in [0.3, 0.4) is 0 Å². The molecule has 2 aromatic carbocycles. The molecule has 3 rings (SSSR count). The molecule has 1 aliphatic rings. The molecule has 0 fully saturated rings. The standard InChI is InChI=1S/C22H29NO3S/c1-4-6-14-22(5-2)16-27(24,25)20-13-12-18(26-3)15-19(20)21(23-22)17-10-8-7-9-11-17/h7-13,15,21,23H,4-6,14,16H2,1-3H3/t21-,22+/m1/s1. The molecule has 0 saturated carbocycles. The Balaban J connectivity index is 2.21. The highest BCUT2D eigenvalue weighted by Crippen LogP contribution is 2.39. The number of unbranched alkanes of at least 4 members (excludes halogenated alkanes) is 1. The second-order valence-electron chi connectivity index (χ2n) is 7.39. The number of fused-ring (bicyclic) bond motifs is 1. The summed E-state index contributed by atoms with van der Waals surface area (Å²) < 4.78 is 32.0. The van der Waals surface area contributed by atoms with Crippen molar-refractivity contribution in [2.75, 3.05) is 12.9 Å². The van der Waals surface area contributed by atoms with Crippen molar-refractivity contribution in [2.45, 2.75) is 56.0 Å². The van der Waals surface area contributed by atoms with Crippen molar-refractivity contribution in [3.63, 3.8) is 0 Å². The lowest BCUT2D eigenvalue weighted by atomic mass is 9.88. The van der Waals surface area contributed by atoms with Gasteiger partial charge in [0.25, 0.3) is 0 Å². The van der Waals surface area contributed by atoms with Gasteiger partial charge in [-0.3, -0.25) is 5.32 Å². The van der Waals surface area contributed by atoms with Crippen molar-refractivity contribution >= 4 is 9.84 Å². The fourth-order valence-electron chi connectivity index (χ4n) is 3.98. The maximum Gasteiger partial charge on any atom is 0.180 e. The number of benzene rings is 2. The van der Waals surface area contributed by atoms with E-state index in [2.05, 4.69) is 31.3 Å². The van der Waals surface area contributed by atoms with E-state index in [0.717, 1.165) is 36.8 Å². The van der Waals surface area contributed by atoms with E-state index in [4.69, 9.17) is 4.74 Å². The molecule has 0 amide bonds. The highest BCUT2D eigenvalue weighted by molar-refractivity contribution is 7.91. The van der Waals surface area contributed by atoms with E-state index in [9.17, 15) is 8.42 Å². The van der Waals surface area contributed by atoms with Crippen LogP contribution in [-0.4, -0.2) is 26.8 Å². The molecule has 0 spiro atoms.